The molecule has 0 saturated heterocycles. The fourth-order valence-corrected chi connectivity index (χ4v) is 3.55. The van der Waals surface area contributed by atoms with E-state index in [1.807, 2.05) is 31.2 Å². The van der Waals surface area contributed by atoms with Crippen LogP contribution in [0.25, 0.3) is 10.9 Å². The highest BCUT2D eigenvalue weighted by Gasteiger charge is 2.18. The van der Waals surface area contributed by atoms with Crippen molar-refractivity contribution in [1.82, 2.24) is 10.2 Å². The topological polar surface area (TPSA) is 74.3 Å². The van der Waals surface area contributed by atoms with Crippen molar-refractivity contribution in [2.75, 3.05) is 17.7 Å². The Kier molecular flexibility index (Phi) is 3.74. The highest BCUT2D eigenvalue weighted by atomic mass is 35.5. The summed E-state index contributed by atoms with van der Waals surface area (Å²) < 4.78 is 9.84. The fourth-order valence-electron chi connectivity index (χ4n) is 2.58. The number of halogens is 1. The van der Waals surface area contributed by atoms with E-state index in [9.17, 15) is 0 Å². The number of nitrogens with zero attached hydrogens (tertiary/aromatic N) is 2. The Labute approximate surface area is 147 Å². The van der Waals surface area contributed by atoms with E-state index in [-0.39, 0.29) is 0 Å². The van der Waals surface area contributed by atoms with Gasteiger partial charge in [0, 0.05) is 34.1 Å². The average Bonchev–Trinajstić information content (AvgIpc) is 2.95. The Balaban J connectivity index is 1.61. The van der Waals surface area contributed by atoms with Crippen LogP contribution in [0.4, 0.5) is 11.4 Å². The van der Waals surface area contributed by atoms with Gasteiger partial charge in [0.2, 0.25) is 5.96 Å². The minimum absolute atomic E-state index is 0.617. The van der Waals surface area contributed by atoms with Crippen molar-refractivity contribution >= 4 is 51.8 Å². The number of hydrogen-bond acceptors (Lipinski definition) is 6. The number of methoxy groups -OCH3 is 1. The molecule has 122 valence electrons. The highest BCUT2D eigenvalue weighted by Crippen LogP contribution is 2.41. The van der Waals surface area contributed by atoms with Crippen LogP contribution in [-0.4, -0.2) is 23.3 Å². The summed E-state index contributed by atoms with van der Waals surface area (Å²) in [7, 11) is 1.62. The average molecular weight is 360 g/mol. The molecule has 3 aromatic rings. The third-order valence-electron chi connectivity index (χ3n) is 3.75. The van der Waals surface area contributed by atoms with Crippen molar-refractivity contribution in [2.24, 2.45) is 4.40 Å². The number of rotatable bonds is 2. The van der Waals surface area contributed by atoms with Gasteiger partial charge in [0.1, 0.15) is 5.75 Å². The maximum absolute atomic E-state index is 6.09. The van der Waals surface area contributed by atoms with Crippen LogP contribution in [-0.2, 0) is 0 Å². The molecule has 1 aliphatic heterocycles. The number of aromatic nitrogens is 2. The number of H-pyrrole nitrogens is 1. The first-order valence-corrected chi connectivity index (χ1v) is 8.40. The number of anilines is 2. The monoisotopic (exact) mass is 359 g/mol. The van der Waals surface area contributed by atoms with Gasteiger partial charge in [-0.1, -0.05) is 11.6 Å². The van der Waals surface area contributed by atoms with Gasteiger partial charge in [-0.15, -0.1) is 0 Å². The zero-order valence-electron chi connectivity index (χ0n) is 13.0. The van der Waals surface area contributed by atoms with E-state index in [1.165, 1.54) is 11.9 Å². The van der Waals surface area contributed by atoms with Crippen molar-refractivity contribution in [1.29, 1.82) is 0 Å². The van der Waals surface area contributed by atoms with E-state index in [0.717, 1.165) is 32.9 Å². The maximum Gasteiger partial charge on any atom is 0.212 e. The number of hydrogen-bond donors (Lipinski definition) is 3. The molecule has 4 rings (SSSR count). The Morgan fingerprint density at radius 3 is 2.96 bits per heavy atom. The van der Waals surface area contributed by atoms with Crippen LogP contribution in [0.15, 0.2) is 39.6 Å². The summed E-state index contributed by atoms with van der Waals surface area (Å²) in [5.74, 6) is 1.31. The quantitative estimate of drug-likeness (QED) is 0.590. The standard InChI is InChI=1S/C16H14ClN5OS/c1-8-11-4-3-10(7-12(11)21-20-8)18-16-19-15-13(23-2)5-9(17)6-14(15)24-22-16/h3-7H,1-2H3,(H,20,21)(H2,18,19,22). The van der Waals surface area contributed by atoms with E-state index in [4.69, 9.17) is 16.3 Å². The van der Waals surface area contributed by atoms with Crippen molar-refractivity contribution in [3.05, 3.63) is 41.0 Å². The molecule has 0 radical (unpaired) electrons. The molecule has 3 N–H and O–H groups in total. The van der Waals surface area contributed by atoms with Crippen LogP contribution in [0.1, 0.15) is 5.69 Å². The SMILES string of the molecule is COc1cc(Cl)cc2c1NC(Nc1ccc3c(C)n[nH]c3c1)=NS2. The molecule has 0 atom stereocenters. The number of ether oxygens (including phenoxy) is 1. The largest absolute Gasteiger partial charge is 0.494 e. The Bertz CT molecular complexity index is 969. The number of guanidine groups is 1. The molecule has 0 bridgehead atoms. The van der Waals surface area contributed by atoms with Crippen molar-refractivity contribution in [2.45, 2.75) is 11.8 Å². The summed E-state index contributed by atoms with van der Waals surface area (Å²) in [6.07, 6.45) is 0. The molecule has 6 nitrogen and oxygen atoms in total. The van der Waals surface area contributed by atoms with E-state index >= 15 is 0 Å². The van der Waals surface area contributed by atoms with Crippen LogP contribution in [0.2, 0.25) is 5.02 Å². The van der Waals surface area contributed by atoms with Gasteiger partial charge in [-0.25, -0.2) is 0 Å². The molecule has 1 aliphatic rings. The Morgan fingerprint density at radius 2 is 2.12 bits per heavy atom. The van der Waals surface area contributed by atoms with Crippen LogP contribution >= 0.6 is 23.5 Å². The molecule has 0 saturated carbocycles. The van der Waals surface area contributed by atoms with Gasteiger partial charge in [0.05, 0.1) is 28.9 Å². The summed E-state index contributed by atoms with van der Waals surface area (Å²) >= 11 is 7.44. The summed E-state index contributed by atoms with van der Waals surface area (Å²) in [6, 6.07) is 9.65. The number of aryl methyl sites for hydroxylation is 1. The maximum atomic E-state index is 6.09. The third-order valence-corrected chi connectivity index (χ3v) is 4.76. The van der Waals surface area contributed by atoms with Crippen LogP contribution in [0, 0.1) is 6.92 Å². The van der Waals surface area contributed by atoms with Crippen molar-refractivity contribution < 1.29 is 4.74 Å². The first-order chi connectivity index (χ1) is 11.6. The second-order valence-corrected chi connectivity index (χ2v) is 6.57. The zero-order chi connectivity index (χ0) is 16.7. The molecule has 0 spiro atoms. The van der Waals surface area contributed by atoms with Gasteiger partial charge in [0.25, 0.3) is 0 Å². The van der Waals surface area contributed by atoms with Gasteiger partial charge in [-0.3, -0.25) is 5.10 Å². The predicted octanol–water partition coefficient (Wildman–Crippen LogP) is 4.43. The van der Waals surface area contributed by atoms with Crippen LogP contribution in [0.5, 0.6) is 5.75 Å². The summed E-state index contributed by atoms with van der Waals surface area (Å²) in [6.45, 7) is 1.98. The van der Waals surface area contributed by atoms with E-state index in [0.29, 0.717) is 16.7 Å². The molecular weight excluding hydrogens is 346 g/mol. The van der Waals surface area contributed by atoms with Gasteiger partial charge in [0.15, 0.2) is 0 Å². The van der Waals surface area contributed by atoms with Gasteiger partial charge < -0.3 is 15.4 Å². The smallest absolute Gasteiger partial charge is 0.212 e. The van der Waals surface area contributed by atoms with Gasteiger partial charge >= 0.3 is 0 Å². The van der Waals surface area contributed by atoms with Crippen molar-refractivity contribution in [3.63, 3.8) is 0 Å². The molecule has 0 aliphatic carbocycles. The second-order valence-electron chi connectivity index (χ2n) is 5.33. The lowest BCUT2D eigenvalue weighted by Crippen LogP contribution is -2.24. The highest BCUT2D eigenvalue weighted by molar-refractivity contribution is 7.98. The minimum Gasteiger partial charge on any atom is -0.494 e. The third kappa shape index (κ3) is 2.65. The Morgan fingerprint density at radius 1 is 1.25 bits per heavy atom. The number of fused-ring (bicyclic) bond motifs is 2. The molecule has 2 heterocycles. The fraction of sp³-hybridized carbons (Fsp3) is 0.125. The van der Waals surface area contributed by atoms with Gasteiger partial charge in [-0.05, 0) is 31.2 Å². The van der Waals surface area contributed by atoms with Crippen molar-refractivity contribution in [3.8, 4) is 5.75 Å². The summed E-state index contributed by atoms with van der Waals surface area (Å²) in [4.78, 5) is 0.921. The molecule has 0 amide bonds. The summed E-state index contributed by atoms with van der Waals surface area (Å²) in [5, 5.41) is 15.5. The Hall–Kier alpha value is -2.38. The molecule has 24 heavy (non-hydrogen) atoms. The predicted molar refractivity (Wildman–Crippen MR) is 99.4 cm³/mol. The van der Waals surface area contributed by atoms with E-state index < -0.39 is 0 Å². The molecule has 2 aromatic carbocycles. The normalized spacial score (nSPS) is 13.2. The van der Waals surface area contributed by atoms with E-state index in [1.54, 1.807) is 13.2 Å². The lowest BCUT2D eigenvalue weighted by atomic mass is 10.2. The lowest BCUT2D eigenvalue weighted by molar-refractivity contribution is 0.416. The lowest BCUT2D eigenvalue weighted by Gasteiger charge is -2.21. The zero-order valence-corrected chi connectivity index (χ0v) is 14.5. The summed E-state index contributed by atoms with van der Waals surface area (Å²) in [5.41, 5.74) is 3.72. The first kappa shape index (κ1) is 15.2. The van der Waals surface area contributed by atoms with Crippen LogP contribution < -0.4 is 15.4 Å². The van der Waals surface area contributed by atoms with Crippen LogP contribution in [0.3, 0.4) is 0 Å². The molecular formula is C16H14ClN5OS. The molecule has 0 fully saturated rings. The minimum atomic E-state index is 0.617. The van der Waals surface area contributed by atoms with E-state index in [2.05, 4.69) is 25.2 Å². The number of benzene rings is 2. The number of aromatic amines is 1. The molecule has 1 aromatic heterocycles. The van der Waals surface area contributed by atoms with Gasteiger partial charge in [-0.2, -0.15) is 9.50 Å². The molecule has 8 heteroatoms. The molecule has 0 unspecified atom stereocenters. The second kappa shape index (κ2) is 5.92. The number of nitrogens with one attached hydrogen (secondary N) is 3. The first-order valence-electron chi connectivity index (χ1n) is 7.25.